The van der Waals surface area contributed by atoms with Crippen molar-refractivity contribution in [2.45, 2.75) is 38.1 Å². The van der Waals surface area contributed by atoms with E-state index in [1.807, 2.05) is 38.1 Å². The number of carbonyl (C=O) groups excluding carboxylic acids is 1. The molecular formula is C20H25N3O3S. The number of nitrogens with zero attached hydrogens (tertiary/aromatic N) is 2. The highest BCUT2D eigenvalue weighted by atomic mass is 32.2. The molecule has 27 heavy (non-hydrogen) atoms. The number of nitrogens with one attached hydrogen (secondary N) is 1. The number of aryl methyl sites for hydroxylation is 2. The molecular weight excluding hydrogens is 362 g/mol. The van der Waals surface area contributed by atoms with E-state index in [1.54, 1.807) is 18.5 Å². The van der Waals surface area contributed by atoms with Gasteiger partial charge in [0, 0.05) is 37.9 Å². The lowest BCUT2D eigenvalue weighted by atomic mass is 9.97. The first-order chi connectivity index (χ1) is 12.9. The SMILES string of the molecule is Cc1ccc(C)c(S(=O)(=O)N2CCC(C(=O)NCc3cccnc3)CC2)c1. The third kappa shape index (κ3) is 4.54. The van der Waals surface area contributed by atoms with Crippen molar-refractivity contribution in [3.8, 4) is 0 Å². The highest BCUT2D eigenvalue weighted by Gasteiger charge is 2.32. The maximum Gasteiger partial charge on any atom is 0.243 e. The van der Waals surface area contributed by atoms with Crippen LogP contribution in [-0.4, -0.2) is 36.7 Å². The predicted octanol–water partition coefficient (Wildman–Crippen LogP) is 2.42. The van der Waals surface area contributed by atoms with E-state index in [4.69, 9.17) is 0 Å². The Morgan fingerprint density at radius 2 is 1.96 bits per heavy atom. The van der Waals surface area contributed by atoms with Crippen LogP contribution >= 0.6 is 0 Å². The Morgan fingerprint density at radius 1 is 1.22 bits per heavy atom. The van der Waals surface area contributed by atoms with Crippen molar-refractivity contribution in [3.05, 3.63) is 59.4 Å². The van der Waals surface area contributed by atoms with Gasteiger partial charge >= 0.3 is 0 Å². The quantitative estimate of drug-likeness (QED) is 0.854. The number of carbonyl (C=O) groups is 1. The summed E-state index contributed by atoms with van der Waals surface area (Å²) in [5.74, 6) is -0.186. The fourth-order valence-electron chi connectivity index (χ4n) is 3.32. The summed E-state index contributed by atoms with van der Waals surface area (Å²) < 4.78 is 27.4. The van der Waals surface area contributed by atoms with Crippen LogP contribution in [0.15, 0.2) is 47.6 Å². The van der Waals surface area contributed by atoms with Crippen molar-refractivity contribution in [1.29, 1.82) is 0 Å². The molecule has 0 unspecified atom stereocenters. The Bertz CT molecular complexity index is 905. The van der Waals surface area contributed by atoms with Crippen LogP contribution in [0.4, 0.5) is 0 Å². The molecule has 1 fully saturated rings. The summed E-state index contributed by atoms with van der Waals surface area (Å²) in [4.78, 5) is 16.8. The molecule has 144 valence electrons. The third-order valence-electron chi connectivity index (χ3n) is 4.98. The first-order valence-corrected chi connectivity index (χ1v) is 10.6. The molecule has 0 atom stereocenters. The summed E-state index contributed by atoms with van der Waals surface area (Å²) in [6, 6.07) is 9.20. The van der Waals surface area contributed by atoms with E-state index >= 15 is 0 Å². The highest BCUT2D eigenvalue weighted by molar-refractivity contribution is 7.89. The van der Waals surface area contributed by atoms with Gasteiger partial charge in [-0.15, -0.1) is 0 Å². The fourth-order valence-corrected chi connectivity index (χ4v) is 5.10. The normalized spacial score (nSPS) is 16.2. The third-order valence-corrected chi connectivity index (χ3v) is 7.02. The van der Waals surface area contributed by atoms with Crippen molar-refractivity contribution in [3.63, 3.8) is 0 Å². The molecule has 1 aromatic heterocycles. The van der Waals surface area contributed by atoms with Gasteiger partial charge in [0.1, 0.15) is 0 Å². The molecule has 2 aromatic rings. The smallest absolute Gasteiger partial charge is 0.243 e. The number of rotatable bonds is 5. The first-order valence-electron chi connectivity index (χ1n) is 9.12. The number of sulfonamides is 1. The Hall–Kier alpha value is -2.25. The minimum atomic E-state index is -3.53. The van der Waals surface area contributed by atoms with E-state index in [1.165, 1.54) is 4.31 Å². The Kier molecular flexibility index (Phi) is 5.92. The van der Waals surface area contributed by atoms with Crippen LogP contribution in [0.2, 0.25) is 0 Å². The van der Waals surface area contributed by atoms with Gasteiger partial charge in [-0.3, -0.25) is 9.78 Å². The number of amides is 1. The molecule has 3 rings (SSSR count). The molecule has 0 saturated carbocycles. The zero-order valence-corrected chi connectivity index (χ0v) is 16.5. The van der Waals surface area contributed by atoms with Gasteiger partial charge in [0.2, 0.25) is 15.9 Å². The monoisotopic (exact) mass is 387 g/mol. The number of hydrogen-bond donors (Lipinski definition) is 1. The average Bonchev–Trinajstić information content (AvgIpc) is 2.68. The standard InChI is InChI=1S/C20H25N3O3S/c1-15-5-6-16(2)19(12-15)27(25,26)23-10-7-18(8-11-23)20(24)22-14-17-4-3-9-21-13-17/h3-6,9,12-13,18H,7-8,10-11,14H2,1-2H3,(H,22,24). The van der Waals surface area contributed by atoms with Gasteiger partial charge in [-0.25, -0.2) is 8.42 Å². The average molecular weight is 388 g/mol. The topological polar surface area (TPSA) is 79.4 Å². The molecule has 0 bridgehead atoms. The van der Waals surface area contributed by atoms with Crippen LogP contribution in [0, 0.1) is 19.8 Å². The summed E-state index contributed by atoms with van der Waals surface area (Å²) in [7, 11) is -3.53. The van der Waals surface area contributed by atoms with Crippen LogP contribution in [0.25, 0.3) is 0 Å². The second-order valence-corrected chi connectivity index (χ2v) is 8.93. The van der Waals surface area contributed by atoms with Crippen molar-refractivity contribution in [1.82, 2.24) is 14.6 Å². The number of benzene rings is 1. The summed E-state index contributed by atoms with van der Waals surface area (Å²) in [5, 5.41) is 2.92. The summed E-state index contributed by atoms with van der Waals surface area (Å²) in [6.07, 6.45) is 4.48. The lowest BCUT2D eigenvalue weighted by molar-refractivity contribution is -0.126. The van der Waals surface area contributed by atoms with E-state index in [0.717, 1.165) is 16.7 Å². The van der Waals surface area contributed by atoms with Gasteiger partial charge in [-0.05, 0) is 55.5 Å². The summed E-state index contributed by atoms with van der Waals surface area (Å²) in [5.41, 5.74) is 2.61. The molecule has 6 nitrogen and oxygen atoms in total. The molecule has 2 heterocycles. The second-order valence-electron chi connectivity index (χ2n) is 7.03. The number of hydrogen-bond acceptors (Lipinski definition) is 4. The van der Waals surface area contributed by atoms with E-state index in [2.05, 4.69) is 10.3 Å². The largest absolute Gasteiger partial charge is 0.352 e. The molecule has 1 N–H and O–H groups in total. The van der Waals surface area contributed by atoms with Crippen molar-refractivity contribution in [2.24, 2.45) is 5.92 Å². The molecule has 7 heteroatoms. The minimum Gasteiger partial charge on any atom is -0.352 e. The number of pyridine rings is 1. The summed E-state index contributed by atoms with van der Waals surface area (Å²) >= 11 is 0. The molecule has 0 aliphatic carbocycles. The van der Waals surface area contributed by atoms with Crippen molar-refractivity contribution < 1.29 is 13.2 Å². The van der Waals surface area contributed by atoms with Gasteiger partial charge in [0.15, 0.2) is 0 Å². The van der Waals surface area contributed by atoms with Gasteiger partial charge in [-0.2, -0.15) is 4.31 Å². The second kappa shape index (κ2) is 8.19. The van der Waals surface area contributed by atoms with E-state index < -0.39 is 10.0 Å². The molecule has 1 amide bonds. The van der Waals surface area contributed by atoms with E-state index in [-0.39, 0.29) is 11.8 Å². The van der Waals surface area contributed by atoms with E-state index in [0.29, 0.717) is 37.4 Å². The van der Waals surface area contributed by atoms with Crippen molar-refractivity contribution in [2.75, 3.05) is 13.1 Å². The van der Waals surface area contributed by atoms with Crippen LogP contribution < -0.4 is 5.32 Å². The number of piperidine rings is 1. The molecule has 1 aliphatic heterocycles. The first kappa shape index (κ1) is 19.5. The Labute approximate surface area is 160 Å². The van der Waals surface area contributed by atoms with Gasteiger partial charge in [0.25, 0.3) is 0 Å². The zero-order chi connectivity index (χ0) is 19.4. The fraction of sp³-hybridized carbons (Fsp3) is 0.400. The highest BCUT2D eigenvalue weighted by Crippen LogP contribution is 2.26. The van der Waals surface area contributed by atoms with Gasteiger partial charge in [-0.1, -0.05) is 18.2 Å². The van der Waals surface area contributed by atoms with Gasteiger partial charge < -0.3 is 5.32 Å². The molecule has 1 saturated heterocycles. The summed E-state index contributed by atoms with van der Waals surface area (Å²) in [6.45, 7) is 4.86. The van der Waals surface area contributed by atoms with Crippen LogP contribution in [0.3, 0.4) is 0 Å². The molecule has 0 radical (unpaired) electrons. The lowest BCUT2D eigenvalue weighted by Gasteiger charge is -2.31. The van der Waals surface area contributed by atoms with Crippen LogP contribution in [0.1, 0.15) is 29.5 Å². The number of aromatic nitrogens is 1. The Morgan fingerprint density at radius 3 is 2.63 bits per heavy atom. The minimum absolute atomic E-state index is 0.0253. The maximum atomic E-state index is 13.0. The van der Waals surface area contributed by atoms with Crippen LogP contribution in [-0.2, 0) is 21.4 Å². The van der Waals surface area contributed by atoms with Gasteiger partial charge in [0.05, 0.1) is 4.90 Å². The molecule has 0 spiro atoms. The molecule has 1 aliphatic rings. The predicted molar refractivity (Wildman–Crippen MR) is 103 cm³/mol. The van der Waals surface area contributed by atoms with E-state index in [9.17, 15) is 13.2 Å². The van der Waals surface area contributed by atoms with Crippen LogP contribution in [0.5, 0.6) is 0 Å². The zero-order valence-electron chi connectivity index (χ0n) is 15.7. The molecule has 1 aromatic carbocycles. The maximum absolute atomic E-state index is 13.0. The van der Waals surface area contributed by atoms with Crippen molar-refractivity contribution >= 4 is 15.9 Å². The Balaban J connectivity index is 1.59. The lowest BCUT2D eigenvalue weighted by Crippen LogP contribution is -2.43.